The van der Waals surface area contributed by atoms with Gasteiger partial charge in [0.1, 0.15) is 12.7 Å². The second kappa shape index (κ2) is 41.1. The van der Waals surface area contributed by atoms with Crippen LogP contribution in [-0.4, -0.2) is 54.3 Å². The van der Waals surface area contributed by atoms with Crippen LogP contribution in [-0.2, 0) is 27.9 Å². The van der Waals surface area contributed by atoms with Gasteiger partial charge in [0.2, 0.25) is 5.91 Å². The van der Waals surface area contributed by atoms with Gasteiger partial charge in [-0.25, -0.2) is 4.57 Å². The predicted molar refractivity (Wildman–Crippen MR) is 224 cm³/mol. The molecule has 0 aliphatic rings. The summed E-state index contributed by atoms with van der Waals surface area (Å²) in [5.74, 6) is -0.522. The average molecular weight is 786 g/mol. The number of hydrogen-bond acceptors (Lipinski definition) is 7. The molecule has 0 radical (unpaired) electrons. The lowest BCUT2D eigenvalue weighted by Crippen LogP contribution is -2.27. The second-order valence-corrected chi connectivity index (χ2v) is 16.5. The maximum atomic E-state index is 12.1. The molecular weight excluding hydrogens is 701 g/mol. The largest absolute Gasteiger partial charge is 0.472 e. The van der Waals surface area contributed by atoms with E-state index < -0.39 is 26.5 Å². The van der Waals surface area contributed by atoms with E-state index in [1.54, 1.807) is 0 Å². The zero-order valence-electron chi connectivity index (χ0n) is 34.9. The maximum absolute atomic E-state index is 12.1. The number of carbonyl (C=O) groups excluding carboxylic acids is 2. The minimum Gasteiger partial charge on any atom is -0.463 e. The number of nitrogens with one attached hydrogen (secondary N) is 1. The molecule has 0 saturated carbocycles. The van der Waals surface area contributed by atoms with Crippen molar-refractivity contribution in [3.8, 4) is 0 Å². The molecule has 0 aromatic carbocycles. The maximum Gasteiger partial charge on any atom is 0.472 e. The molecule has 0 saturated heterocycles. The molecule has 2 unspecified atom stereocenters. The van der Waals surface area contributed by atoms with Crippen LogP contribution in [0.15, 0.2) is 24.3 Å². The van der Waals surface area contributed by atoms with Crippen LogP contribution in [0.25, 0.3) is 0 Å². The number of phosphoric acid groups is 1. The Bertz CT molecular complexity index is 944. The fourth-order valence-corrected chi connectivity index (χ4v) is 6.95. The summed E-state index contributed by atoms with van der Waals surface area (Å²) in [6.45, 7) is 3.53. The molecule has 318 valence electrons. The number of aliphatic hydroxyl groups excluding tert-OH is 1. The summed E-state index contributed by atoms with van der Waals surface area (Å²) >= 11 is 0. The van der Waals surface area contributed by atoms with Gasteiger partial charge >= 0.3 is 13.8 Å². The number of ether oxygens (including phenoxy) is 1. The van der Waals surface area contributed by atoms with Gasteiger partial charge in [0.05, 0.1) is 13.2 Å². The number of aliphatic hydroxyl groups is 1. The van der Waals surface area contributed by atoms with Gasteiger partial charge in [-0.2, -0.15) is 0 Å². The van der Waals surface area contributed by atoms with Crippen LogP contribution in [0.5, 0.6) is 0 Å². The molecule has 9 nitrogen and oxygen atoms in total. The first kappa shape index (κ1) is 52.5. The van der Waals surface area contributed by atoms with E-state index in [1.165, 1.54) is 128 Å². The van der Waals surface area contributed by atoms with Crippen LogP contribution in [0, 0.1) is 0 Å². The van der Waals surface area contributed by atoms with Crippen molar-refractivity contribution < 1.29 is 37.9 Å². The predicted octanol–water partition coefficient (Wildman–Crippen LogP) is 12.4. The number of allylic oxidation sites excluding steroid dienone is 4. The summed E-state index contributed by atoms with van der Waals surface area (Å²) < 4.78 is 26.8. The Morgan fingerprint density at radius 1 is 0.556 bits per heavy atom. The molecule has 0 bridgehead atoms. The standard InChI is InChI=1S/C44H84NO8P/c1-3-5-7-9-11-13-15-17-18-19-20-21-22-23-24-25-26-28-30-32-34-36-43(47)45-38-39-52-54(49,50)53-41-42(46)40-51-44(48)37-35-33-31-29-27-16-14-12-10-8-6-4-2/h12,14,17-18,42,46H,3-11,13,15-16,19-41H2,1-2H3,(H,45,47)(H,49,50)/b14-12-,18-17+. The number of unbranched alkanes of at least 4 members (excludes halogenated alkanes) is 25. The Labute approximate surface area is 331 Å². The van der Waals surface area contributed by atoms with Crippen molar-refractivity contribution in [2.75, 3.05) is 26.4 Å². The first-order chi connectivity index (χ1) is 26.3. The normalized spacial score (nSPS) is 13.5. The van der Waals surface area contributed by atoms with E-state index in [9.17, 15) is 24.2 Å². The Morgan fingerprint density at radius 3 is 1.43 bits per heavy atom. The minimum atomic E-state index is -4.41. The highest BCUT2D eigenvalue weighted by Gasteiger charge is 2.23. The molecule has 2 atom stereocenters. The lowest BCUT2D eigenvalue weighted by Gasteiger charge is -2.15. The van der Waals surface area contributed by atoms with E-state index in [2.05, 4.69) is 43.5 Å². The summed E-state index contributed by atoms with van der Waals surface area (Å²) in [7, 11) is -4.41. The lowest BCUT2D eigenvalue weighted by molar-refractivity contribution is -0.147. The van der Waals surface area contributed by atoms with Gasteiger partial charge in [-0.15, -0.1) is 0 Å². The summed E-state index contributed by atoms with van der Waals surface area (Å²) in [5, 5.41) is 12.7. The highest BCUT2D eigenvalue weighted by molar-refractivity contribution is 7.47. The van der Waals surface area contributed by atoms with Crippen molar-refractivity contribution in [2.45, 2.75) is 219 Å². The number of esters is 1. The van der Waals surface area contributed by atoms with Crippen molar-refractivity contribution in [1.29, 1.82) is 0 Å². The van der Waals surface area contributed by atoms with E-state index >= 15 is 0 Å². The highest BCUT2D eigenvalue weighted by atomic mass is 31.2. The van der Waals surface area contributed by atoms with Gasteiger partial charge in [-0.3, -0.25) is 18.6 Å². The zero-order chi connectivity index (χ0) is 39.6. The van der Waals surface area contributed by atoms with E-state index in [0.717, 1.165) is 57.8 Å². The molecule has 3 N–H and O–H groups in total. The van der Waals surface area contributed by atoms with Crippen molar-refractivity contribution in [1.82, 2.24) is 5.32 Å². The minimum absolute atomic E-state index is 0.0824. The van der Waals surface area contributed by atoms with E-state index in [-0.39, 0.29) is 32.1 Å². The van der Waals surface area contributed by atoms with Crippen LogP contribution < -0.4 is 5.32 Å². The Hall–Kier alpha value is -1.51. The van der Waals surface area contributed by atoms with Gasteiger partial charge in [-0.1, -0.05) is 160 Å². The molecule has 0 aromatic rings. The monoisotopic (exact) mass is 786 g/mol. The smallest absolute Gasteiger partial charge is 0.463 e. The Morgan fingerprint density at radius 2 is 0.944 bits per heavy atom. The van der Waals surface area contributed by atoms with Gasteiger partial charge in [0.15, 0.2) is 0 Å². The van der Waals surface area contributed by atoms with E-state index in [0.29, 0.717) is 6.42 Å². The topological polar surface area (TPSA) is 131 Å². The molecule has 0 aliphatic heterocycles. The van der Waals surface area contributed by atoms with Gasteiger partial charge < -0.3 is 20.1 Å². The van der Waals surface area contributed by atoms with Gasteiger partial charge in [-0.05, 0) is 64.2 Å². The molecule has 0 spiro atoms. The molecule has 0 rings (SSSR count). The van der Waals surface area contributed by atoms with E-state index in [1.807, 2.05) is 0 Å². The fraction of sp³-hybridized carbons (Fsp3) is 0.864. The van der Waals surface area contributed by atoms with Crippen molar-refractivity contribution in [3.05, 3.63) is 24.3 Å². The average Bonchev–Trinajstić information content (AvgIpc) is 3.16. The summed E-state index contributed by atoms with van der Waals surface area (Å²) in [6, 6.07) is 0. The van der Waals surface area contributed by atoms with Gasteiger partial charge in [0, 0.05) is 19.4 Å². The number of carbonyl (C=O) groups is 2. The van der Waals surface area contributed by atoms with Crippen molar-refractivity contribution >= 4 is 19.7 Å². The first-order valence-corrected chi connectivity index (χ1v) is 23.8. The summed E-state index contributed by atoms with van der Waals surface area (Å²) in [5.41, 5.74) is 0. The van der Waals surface area contributed by atoms with Crippen LogP contribution in [0.1, 0.15) is 213 Å². The SMILES string of the molecule is CCCCC/C=C\CCCCCCCC(=O)OCC(O)COP(=O)(O)OCCNC(=O)CCCCCCCCCCCCC/C=C/CCCCCCCC. The Kier molecular flexibility index (Phi) is 40.0. The summed E-state index contributed by atoms with van der Waals surface area (Å²) in [4.78, 5) is 33.9. The van der Waals surface area contributed by atoms with Crippen molar-refractivity contribution in [2.24, 2.45) is 0 Å². The van der Waals surface area contributed by atoms with Crippen LogP contribution >= 0.6 is 7.82 Å². The quantitative estimate of drug-likeness (QED) is 0.0241. The molecular formula is C44H84NO8P. The molecule has 0 aromatic heterocycles. The number of hydrogen-bond donors (Lipinski definition) is 3. The molecule has 10 heteroatoms. The number of amides is 1. The summed E-state index contributed by atoms with van der Waals surface area (Å²) in [6.07, 6.45) is 44.0. The molecule has 1 amide bonds. The number of phosphoric ester groups is 1. The number of rotatable bonds is 42. The lowest BCUT2D eigenvalue weighted by atomic mass is 10.0. The third kappa shape index (κ3) is 41.6. The van der Waals surface area contributed by atoms with Crippen LogP contribution in [0.3, 0.4) is 0 Å². The fourth-order valence-electron chi connectivity index (χ4n) is 6.19. The molecule has 54 heavy (non-hydrogen) atoms. The van der Waals surface area contributed by atoms with E-state index in [4.69, 9.17) is 13.8 Å². The molecule has 0 aliphatic carbocycles. The third-order valence-electron chi connectivity index (χ3n) is 9.60. The van der Waals surface area contributed by atoms with Crippen LogP contribution in [0.4, 0.5) is 0 Å². The molecule has 0 fully saturated rings. The third-order valence-corrected chi connectivity index (χ3v) is 10.6. The molecule has 0 heterocycles. The Balaban J connectivity index is 3.56. The van der Waals surface area contributed by atoms with Crippen LogP contribution in [0.2, 0.25) is 0 Å². The first-order valence-electron chi connectivity index (χ1n) is 22.3. The second-order valence-electron chi connectivity index (χ2n) is 15.0. The van der Waals surface area contributed by atoms with Crippen molar-refractivity contribution in [3.63, 3.8) is 0 Å². The zero-order valence-corrected chi connectivity index (χ0v) is 35.8. The highest BCUT2D eigenvalue weighted by Crippen LogP contribution is 2.42. The van der Waals surface area contributed by atoms with Gasteiger partial charge in [0.25, 0.3) is 0 Å².